The predicted molar refractivity (Wildman–Crippen MR) is 101 cm³/mol. The standard InChI is InChI=1S/C17H24N2O6S2/c1-13(20)18-14-4-6-17(7-5-14)27(23,24)19(11-16-3-2-9-25-16)15-8-10-26(21,22)12-15/h4-7,15-16H,2-3,8-12H2,1H3,(H,18,20)/t15-,16+/m1/s1. The molecule has 2 aliphatic heterocycles. The molecular formula is C17H24N2O6S2. The molecule has 0 saturated carbocycles. The van der Waals surface area contributed by atoms with Crippen LogP contribution in [0.15, 0.2) is 29.2 Å². The van der Waals surface area contributed by atoms with Crippen LogP contribution in [-0.4, -0.2) is 63.9 Å². The maximum Gasteiger partial charge on any atom is 0.243 e. The highest BCUT2D eigenvalue weighted by Gasteiger charge is 2.40. The van der Waals surface area contributed by atoms with Crippen molar-refractivity contribution in [2.24, 2.45) is 0 Å². The number of amides is 1. The summed E-state index contributed by atoms with van der Waals surface area (Å²) in [7, 11) is -7.12. The molecule has 27 heavy (non-hydrogen) atoms. The van der Waals surface area contributed by atoms with E-state index < -0.39 is 25.9 Å². The molecule has 0 bridgehead atoms. The van der Waals surface area contributed by atoms with E-state index in [-0.39, 0.29) is 41.4 Å². The van der Waals surface area contributed by atoms with E-state index in [1.165, 1.54) is 35.5 Å². The molecule has 2 aliphatic rings. The Morgan fingerprint density at radius 3 is 2.48 bits per heavy atom. The Hall–Kier alpha value is -1.49. The summed E-state index contributed by atoms with van der Waals surface area (Å²) in [5.74, 6) is -0.415. The van der Waals surface area contributed by atoms with Gasteiger partial charge in [0.2, 0.25) is 15.9 Å². The third kappa shape index (κ3) is 4.87. The molecule has 8 nitrogen and oxygen atoms in total. The van der Waals surface area contributed by atoms with Crippen LogP contribution >= 0.6 is 0 Å². The van der Waals surface area contributed by atoms with Gasteiger partial charge in [-0.3, -0.25) is 4.79 Å². The van der Waals surface area contributed by atoms with Gasteiger partial charge in [0.1, 0.15) is 0 Å². The topological polar surface area (TPSA) is 110 Å². The van der Waals surface area contributed by atoms with Gasteiger partial charge in [-0.25, -0.2) is 16.8 Å². The van der Waals surface area contributed by atoms with Gasteiger partial charge in [0.15, 0.2) is 9.84 Å². The summed E-state index contributed by atoms with van der Waals surface area (Å²) in [5.41, 5.74) is 0.496. The molecule has 1 amide bonds. The van der Waals surface area contributed by atoms with Gasteiger partial charge in [-0.05, 0) is 43.5 Å². The number of sulfonamides is 1. The average molecular weight is 417 g/mol. The van der Waals surface area contributed by atoms with Crippen molar-refractivity contribution in [2.75, 3.05) is 30.0 Å². The van der Waals surface area contributed by atoms with E-state index in [1.54, 1.807) is 0 Å². The summed E-state index contributed by atoms with van der Waals surface area (Å²) in [6.07, 6.45) is 1.69. The van der Waals surface area contributed by atoms with Crippen LogP contribution in [0.25, 0.3) is 0 Å². The molecule has 0 aliphatic carbocycles. The van der Waals surface area contributed by atoms with Crippen molar-refractivity contribution < 1.29 is 26.4 Å². The summed E-state index contributed by atoms with van der Waals surface area (Å²) >= 11 is 0. The third-order valence-corrected chi connectivity index (χ3v) is 8.49. The number of anilines is 1. The molecule has 0 spiro atoms. The second kappa shape index (κ2) is 7.86. The molecule has 2 saturated heterocycles. The van der Waals surface area contributed by atoms with E-state index in [1.807, 2.05) is 0 Å². The molecule has 2 heterocycles. The Labute approximate surface area is 159 Å². The number of carbonyl (C=O) groups excluding carboxylic acids is 1. The number of hydrogen-bond acceptors (Lipinski definition) is 6. The Bertz CT molecular complexity index is 890. The number of rotatable bonds is 6. The van der Waals surface area contributed by atoms with Gasteiger partial charge >= 0.3 is 0 Å². The quantitative estimate of drug-likeness (QED) is 0.741. The number of carbonyl (C=O) groups is 1. The fourth-order valence-corrected chi connectivity index (χ4v) is 6.99. The number of ether oxygens (including phenoxy) is 1. The number of nitrogens with zero attached hydrogens (tertiary/aromatic N) is 1. The van der Waals surface area contributed by atoms with Crippen molar-refractivity contribution in [3.8, 4) is 0 Å². The first-order chi connectivity index (χ1) is 12.7. The van der Waals surface area contributed by atoms with Crippen LogP contribution in [0.1, 0.15) is 26.2 Å². The number of nitrogens with one attached hydrogen (secondary N) is 1. The lowest BCUT2D eigenvalue weighted by atomic mass is 10.2. The molecule has 2 fully saturated rings. The van der Waals surface area contributed by atoms with Gasteiger partial charge in [-0.2, -0.15) is 4.31 Å². The van der Waals surface area contributed by atoms with Crippen molar-refractivity contribution in [1.29, 1.82) is 0 Å². The van der Waals surface area contributed by atoms with Crippen LogP contribution in [-0.2, 0) is 29.4 Å². The fraction of sp³-hybridized carbons (Fsp3) is 0.588. The molecule has 3 rings (SSSR count). The van der Waals surface area contributed by atoms with E-state index in [9.17, 15) is 21.6 Å². The highest BCUT2D eigenvalue weighted by Crippen LogP contribution is 2.28. The number of sulfone groups is 1. The zero-order chi connectivity index (χ0) is 19.7. The monoisotopic (exact) mass is 416 g/mol. The van der Waals surface area contributed by atoms with E-state index in [4.69, 9.17) is 4.74 Å². The summed E-state index contributed by atoms with van der Waals surface area (Å²) in [4.78, 5) is 11.2. The molecule has 1 aromatic rings. The van der Waals surface area contributed by atoms with Gasteiger partial charge in [0.05, 0.1) is 22.5 Å². The second-order valence-corrected chi connectivity index (χ2v) is 11.1. The second-order valence-electron chi connectivity index (χ2n) is 6.97. The van der Waals surface area contributed by atoms with E-state index in [0.717, 1.165) is 12.8 Å². The summed E-state index contributed by atoms with van der Waals surface area (Å²) in [6.45, 7) is 2.11. The first kappa shape index (κ1) is 20.2. The minimum atomic E-state index is -3.89. The smallest absolute Gasteiger partial charge is 0.243 e. The molecule has 10 heteroatoms. The van der Waals surface area contributed by atoms with Gasteiger partial charge in [0.25, 0.3) is 0 Å². The first-order valence-corrected chi connectivity index (χ1v) is 12.1. The normalized spacial score (nSPS) is 25.0. The van der Waals surface area contributed by atoms with Gasteiger partial charge in [-0.15, -0.1) is 0 Å². The summed E-state index contributed by atoms with van der Waals surface area (Å²) < 4.78 is 57.2. The maximum atomic E-state index is 13.2. The minimum Gasteiger partial charge on any atom is -0.377 e. The molecule has 1 N–H and O–H groups in total. The van der Waals surface area contributed by atoms with E-state index in [0.29, 0.717) is 12.3 Å². The van der Waals surface area contributed by atoms with Gasteiger partial charge in [-0.1, -0.05) is 0 Å². The van der Waals surface area contributed by atoms with Crippen molar-refractivity contribution in [3.05, 3.63) is 24.3 Å². The van der Waals surface area contributed by atoms with Crippen LogP contribution in [0.3, 0.4) is 0 Å². The van der Waals surface area contributed by atoms with Crippen LogP contribution < -0.4 is 5.32 Å². The highest BCUT2D eigenvalue weighted by molar-refractivity contribution is 7.92. The lowest BCUT2D eigenvalue weighted by molar-refractivity contribution is -0.114. The molecule has 0 aromatic heterocycles. The Morgan fingerprint density at radius 2 is 1.96 bits per heavy atom. The van der Waals surface area contributed by atoms with Crippen LogP contribution in [0.5, 0.6) is 0 Å². The van der Waals surface area contributed by atoms with E-state index in [2.05, 4.69) is 5.32 Å². The van der Waals surface area contributed by atoms with Crippen molar-refractivity contribution in [2.45, 2.75) is 43.2 Å². The van der Waals surface area contributed by atoms with Gasteiger partial charge in [0, 0.05) is 31.8 Å². The molecule has 0 radical (unpaired) electrons. The van der Waals surface area contributed by atoms with Crippen molar-refractivity contribution >= 4 is 31.5 Å². The van der Waals surface area contributed by atoms with Crippen LogP contribution in [0, 0.1) is 0 Å². The maximum absolute atomic E-state index is 13.2. The molecule has 0 unspecified atom stereocenters. The fourth-order valence-electron chi connectivity index (χ4n) is 3.48. The molecule has 2 atom stereocenters. The zero-order valence-corrected chi connectivity index (χ0v) is 16.8. The Morgan fingerprint density at radius 1 is 1.26 bits per heavy atom. The lowest BCUT2D eigenvalue weighted by Crippen LogP contribution is -2.45. The van der Waals surface area contributed by atoms with Gasteiger partial charge < -0.3 is 10.1 Å². The Balaban J connectivity index is 1.88. The third-order valence-electron chi connectivity index (χ3n) is 4.80. The predicted octanol–water partition coefficient (Wildman–Crippen LogP) is 1.00. The number of hydrogen-bond donors (Lipinski definition) is 1. The number of benzene rings is 1. The molecular weight excluding hydrogens is 392 g/mol. The molecule has 1 aromatic carbocycles. The summed E-state index contributed by atoms with van der Waals surface area (Å²) in [5, 5.41) is 2.59. The van der Waals surface area contributed by atoms with Crippen LogP contribution in [0.2, 0.25) is 0 Å². The van der Waals surface area contributed by atoms with Crippen molar-refractivity contribution in [3.63, 3.8) is 0 Å². The van der Waals surface area contributed by atoms with Crippen molar-refractivity contribution in [1.82, 2.24) is 4.31 Å². The lowest BCUT2D eigenvalue weighted by Gasteiger charge is -2.29. The largest absolute Gasteiger partial charge is 0.377 e. The van der Waals surface area contributed by atoms with Crippen LogP contribution in [0.4, 0.5) is 5.69 Å². The average Bonchev–Trinajstić information content (AvgIpc) is 3.21. The Kier molecular flexibility index (Phi) is 5.90. The summed E-state index contributed by atoms with van der Waals surface area (Å²) in [6, 6.07) is 5.30. The zero-order valence-electron chi connectivity index (χ0n) is 15.1. The molecule has 150 valence electrons. The van der Waals surface area contributed by atoms with E-state index >= 15 is 0 Å². The highest BCUT2D eigenvalue weighted by atomic mass is 32.2. The minimum absolute atomic E-state index is 0.00329. The SMILES string of the molecule is CC(=O)Nc1ccc(S(=O)(=O)N(C[C@@H]2CCCO2)[C@@H]2CCS(=O)(=O)C2)cc1. The first-order valence-electron chi connectivity index (χ1n) is 8.89.